The molecule has 2 aliphatic heterocycles. The van der Waals surface area contributed by atoms with Gasteiger partial charge in [-0.3, -0.25) is 9.47 Å². The van der Waals surface area contributed by atoms with Crippen molar-refractivity contribution in [2.45, 2.75) is 31.7 Å². The molecule has 4 rings (SSSR count). The van der Waals surface area contributed by atoms with E-state index in [-0.39, 0.29) is 0 Å². The molecular formula is C15H18N4. The fraction of sp³-hybridized carbons (Fsp3) is 0.467. The number of para-hydroxylation sites is 1. The van der Waals surface area contributed by atoms with E-state index in [0.717, 1.165) is 18.7 Å². The van der Waals surface area contributed by atoms with Gasteiger partial charge in [0, 0.05) is 12.5 Å². The lowest BCUT2D eigenvalue weighted by atomic mass is 10.0. The van der Waals surface area contributed by atoms with Gasteiger partial charge in [-0.2, -0.15) is 0 Å². The molecule has 1 fully saturated rings. The van der Waals surface area contributed by atoms with Gasteiger partial charge in [-0.25, -0.2) is 0 Å². The molecule has 0 N–H and O–H groups in total. The van der Waals surface area contributed by atoms with Crippen molar-refractivity contribution < 1.29 is 0 Å². The monoisotopic (exact) mass is 254 g/mol. The van der Waals surface area contributed by atoms with Crippen molar-refractivity contribution in [1.29, 1.82) is 0 Å². The second-order valence-electron chi connectivity index (χ2n) is 5.55. The van der Waals surface area contributed by atoms with Gasteiger partial charge >= 0.3 is 0 Å². The second-order valence-corrected chi connectivity index (χ2v) is 5.55. The van der Waals surface area contributed by atoms with E-state index in [1.54, 1.807) is 0 Å². The lowest BCUT2D eigenvalue weighted by molar-refractivity contribution is 0.238. The fourth-order valence-electron chi connectivity index (χ4n) is 3.42. The van der Waals surface area contributed by atoms with Gasteiger partial charge in [0.25, 0.3) is 0 Å². The Kier molecular flexibility index (Phi) is 2.62. The van der Waals surface area contributed by atoms with Crippen LogP contribution in [0.2, 0.25) is 0 Å². The van der Waals surface area contributed by atoms with Crippen LogP contribution in [0.5, 0.6) is 0 Å². The molecule has 2 aromatic rings. The van der Waals surface area contributed by atoms with Crippen LogP contribution in [0.15, 0.2) is 30.6 Å². The second kappa shape index (κ2) is 4.46. The van der Waals surface area contributed by atoms with E-state index in [9.17, 15) is 0 Å². The Bertz CT molecular complexity index is 583. The van der Waals surface area contributed by atoms with Crippen LogP contribution >= 0.6 is 0 Å². The zero-order chi connectivity index (χ0) is 12.7. The van der Waals surface area contributed by atoms with E-state index >= 15 is 0 Å². The van der Waals surface area contributed by atoms with Crippen molar-refractivity contribution >= 4 is 0 Å². The van der Waals surface area contributed by atoms with Crippen LogP contribution in [0.4, 0.5) is 0 Å². The lowest BCUT2D eigenvalue weighted by Gasteiger charge is -2.25. The molecular weight excluding hydrogens is 236 g/mol. The van der Waals surface area contributed by atoms with E-state index in [1.165, 1.54) is 37.2 Å². The standard InChI is InChI=1S/C15H18N4/c1-2-6-14-12(5-1)9-13(18-7-3-4-8-18)10-15-17-16-11-19(14)15/h1-2,5-6,11,13H,3-4,7-10H2. The molecule has 4 nitrogen and oxygen atoms in total. The smallest absolute Gasteiger partial charge is 0.138 e. The van der Waals surface area contributed by atoms with Gasteiger partial charge < -0.3 is 0 Å². The maximum atomic E-state index is 4.32. The molecule has 1 aromatic carbocycles. The van der Waals surface area contributed by atoms with E-state index in [0.29, 0.717) is 6.04 Å². The molecule has 0 spiro atoms. The SMILES string of the molecule is c1ccc2c(c1)CC(N1CCCC1)Cc1nncn1-2. The molecule has 1 atom stereocenters. The van der Waals surface area contributed by atoms with E-state index in [2.05, 4.69) is 43.9 Å². The van der Waals surface area contributed by atoms with Crippen LogP contribution in [-0.4, -0.2) is 38.8 Å². The fourth-order valence-corrected chi connectivity index (χ4v) is 3.42. The van der Waals surface area contributed by atoms with Gasteiger partial charge in [0.2, 0.25) is 0 Å². The number of aromatic nitrogens is 3. The minimum atomic E-state index is 0.578. The summed E-state index contributed by atoms with van der Waals surface area (Å²) in [4.78, 5) is 2.63. The van der Waals surface area contributed by atoms with Crippen molar-refractivity contribution in [2.75, 3.05) is 13.1 Å². The third-order valence-corrected chi connectivity index (χ3v) is 4.40. The molecule has 1 unspecified atom stereocenters. The third kappa shape index (κ3) is 1.87. The molecule has 3 heterocycles. The van der Waals surface area contributed by atoms with Crippen molar-refractivity contribution in [2.24, 2.45) is 0 Å². The summed E-state index contributed by atoms with van der Waals surface area (Å²) in [5, 5.41) is 8.42. The van der Waals surface area contributed by atoms with Crippen LogP contribution in [0.25, 0.3) is 5.69 Å². The summed E-state index contributed by atoms with van der Waals surface area (Å²) in [7, 11) is 0. The first-order chi connectivity index (χ1) is 9.42. The molecule has 1 aromatic heterocycles. The molecule has 0 amide bonds. The zero-order valence-corrected chi connectivity index (χ0v) is 11.0. The first kappa shape index (κ1) is 11.2. The van der Waals surface area contributed by atoms with Crippen molar-refractivity contribution in [3.63, 3.8) is 0 Å². The number of likely N-dealkylation sites (tertiary alicyclic amines) is 1. The Morgan fingerprint density at radius 3 is 2.79 bits per heavy atom. The van der Waals surface area contributed by atoms with Gasteiger partial charge in [0.05, 0.1) is 5.69 Å². The van der Waals surface area contributed by atoms with Gasteiger partial charge in [-0.1, -0.05) is 18.2 Å². The highest BCUT2D eigenvalue weighted by molar-refractivity contribution is 5.43. The van der Waals surface area contributed by atoms with E-state index in [1.807, 2.05) is 6.33 Å². The maximum Gasteiger partial charge on any atom is 0.138 e. The van der Waals surface area contributed by atoms with Gasteiger partial charge in [0.1, 0.15) is 12.2 Å². The number of nitrogens with zero attached hydrogens (tertiary/aromatic N) is 4. The topological polar surface area (TPSA) is 34.0 Å². The van der Waals surface area contributed by atoms with Crippen molar-refractivity contribution in [3.8, 4) is 5.69 Å². The molecule has 0 saturated carbocycles. The molecule has 1 saturated heterocycles. The Hall–Kier alpha value is -1.68. The average Bonchev–Trinajstić information content (AvgIpc) is 3.08. The van der Waals surface area contributed by atoms with Crippen LogP contribution in [0.1, 0.15) is 24.2 Å². The average molecular weight is 254 g/mol. The first-order valence-electron chi connectivity index (χ1n) is 7.13. The predicted octanol–water partition coefficient (Wildman–Crippen LogP) is 1.83. The highest BCUT2D eigenvalue weighted by Gasteiger charge is 2.28. The van der Waals surface area contributed by atoms with Gasteiger partial charge in [0.15, 0.2) is 0 Å². The van der Waals surface area contributed by atoms with Crippen LogP contribution < -0.4 is 0 Å². The summed E-state index contributed by atoms with van der Waals surface area (Å²) in [5.74, 6) is 1.10. The first-order valence-corrected chi connectivity index (χ1v) is 7.13. The highest BCUT2D eigenvalue weighted by atomic mass is 15.3. The molecule has 0 aliphatic carbocycles. The highest BCUT2D eigenvalue weighted by Crippen LogP contribution is 2.26. The summed E-state index contributed by atoms with van der Waals surface area (Å²) in [5.41, 5.74) is 2.67. The quantitative estimate of drug-likeness (QED) is 0.778. The number of benzene rings is 1. The number of hydrogen-bond donors (Lipinski definition) is 0. The predicted molar refractivity (Wildman–Crippen MR) is 73.4 cm³/mol. The van der Waals surface area contributed by atoms with Crippen LogP contribution in [0.3, 0.4) is 0 Å². The van der Waals surface area contributed by atoms with Gasteiger partial charge in [-0.05, 0) is 44.0 Å². The van der Waals surface area contributed by atoms with E-state index in [4.69, 9.17) is 0 Å². The minimum absolute atomic E-state index is 0.578. The normalized spacial score (nSPS) is 22.8. The summed E-state index contributed by atoms with van der Waals surface area (Å²) in [6, 6.07) is 9.23. The summed E-state index contributed by atoms with van der Waals surface area (Å²) >= 11 is 0. The molecule has 98 valence electrons. The lowest BCUT2D eigenvalue weighted by Crippen LogP contribution is -2.36. The zero-order valence-electron chi connectivity index (χ0n) is 11.0. The van der Waals surface area contributed by atoms with E-state index < -0.39 is 0 Å². The molecule has 2 aliphatic rings. The van der Waals surface area contributed by atoms with Crippen LogP contribution in [0, 0.1) is 0 Å². The summed E-state index contributed by atoms with van der Waals surface area (Å²) < 4.78 is 2.16. The summed E-state index contributed by atoms with van der Waals surface area (Å²) in [6.07, 6.45) is 6.66. The largest absolute Gasteiger partial charge is 0.300 e. The molecule has 0 radical (unpaired) electrons. The minimum Gasteiger partial charge on any atom is -0.300 e. The Morgan fingerprint density at radius 1 is 1.05 bits per heavy atom. The summed E-state index contributed by atoms with van der Waals surface area (Å²) in [6.45, 7) is 2.47. The third-order valence-electron chi connectivity index (χ3n) is 4.40. The number of fused-ring (bicyclic) bond motifs is 3. The van der Waals surface area contributed by atoms with Crippen molar-refractivity contribution in [3.05, 3.63) is 42.0 Å². The number of hydrogen-bond acceptors (Lipinski definition) is 3. The molecule has 0 bridgehead atoms. The Labute approximate surface area is 113 Å². The Balaban J connectivity index is 1.78. The maximum absolute atomic E-state index is 4.32. The van der Waals surface area contributed by atoms with Crippen LogP contribution in [-0.2, 0) is 12.8 Å². The van der Waals surface area contributed by atoms with Gasteiger partial charge in [-0.15, -0.1) is 10.2 Å². The Morgan fingerprint density at radius 2 is 1.89 bits per heavy atom. The molecule has 4 heteroatoms. The number of rotatable bonds is 1. The van der Waals surface area contributed by atoms with Crippen molar-refractivity contribution in [1.82, 2.24) is 19.7 Å². The molecule has 19 heavy (non-hydrogen) atoms.